The number of ether oxygens (including phenoxy) is 1. The van der Waals surface area contributed by atoms with Crippen molar-refractivity contribution in [2.75, 3.05) is 11.5 Å². The Bertz CT molecular complexity index is 1250. The molecule has 5 rings (SSSR count). The van der Waals surface area contributed by atoms with Crippen molar-refractivity contribution in [3.05, 3.63) is 59.5 Å². The molecule has 1 fully saturated rings. The monoisotopic (exact) mass is 446 g/mol. The van der Waals surface area contributed by atoms with Gasteiger partial charge in [0, 0.05) is 5.56 Å². The summed E-state index contributed by atoms with van der Waals surface area (Å²) in [5.74, 6) is 0.584. The first-order valence-corrected chi connectivity index (χ1v) is 10.6. The molecule has 3 aromatic rings. The normalized spacial score (nSPS) is 19.5. The summed E-state index contributed by atoms with van der Waals surface area (Å²) in [6.45, 7) is 6.53. The Morgan fingerprint density at radius 2 is 1.82 bits per heavy atom. The second-order valence-corrected chi connectivity index (χ2v) is 7.94. The molecule has 2 aromatic carbocycles. The summed E-state index contributed by atoms with van der Waals surface area (Å²) >= 11 is 0. The Morgan fingerprint density at radius 3 is 2.55 bits per heavy atom. The van der Waals surface area contributed by atoms with Crippen molar-refractivity contribution in [2.45, 2.75) is 39.4 Å². The van der Waals surface area contributed by atoms with Crippen LogP contribution in [0.1, 0.15) is 23.9 Å². The summed E-state index contributed by atoms with van der Waals surface area (Å²) in [7, 11) is 0. The molecular weight excluding hydrogens is 424 g/mol. The molecule has 3 heterocycles. The Kier molecular flexibility index (Phi) is 5.12. The molecule has 1 saturated heterocycles. The standard InChI is InChI=1S/C23H22N6O4/c1-4-32-17-9-7-16(8-10-17)29-22(30)19-20(23(29)31)28(27-25-19)12-18-24-21(26-33-18)15-6-5-13(2)14(3)11-15/h5-11,19-20H,4,12H2,1-3H3/t19-,20-/m1/s1. The van der Waals surface area contributed by atoms with E-state index < -0.39 is 23.9 Å². The van der Waals surface area contributed by atoms with Gasteiger partial charge in [0.25, 0.3) is 11.8 Å². The van der Waals surface area contributed by atoms with Crippen LogP contribution in [0.3, 0.4) is 0 Å². The van der Waals surface area contributed by atoms with Gasteiger partial charge in [-0.15, -0.1) is 0 Å². The van der Waals surface area contributed by atoms with Crippen LogP contribution in [0, 0.1) is 13.8 Å². The lowest BCUT2D eigenvalue weighted by atomic mass is 10.1. The predicted molar refractivity (Wildman–Crippen MR) is 117 cm³/mol. The third-order valence-corrected chi connectivity index (χ3v) is 5.79. The zero-order valence-corrected chi connectivity index (χ0v) is 18.4. The Hall–Kier alpha value is -4.08. The largest absolute Gasteiger partial charge is 0.494 e. The van der Waals surface area contributed by atoms with E-state index in [0.717, 1.165) is 16.0 Å². The fourth-order valence-corrected chi connectivity index (χ4v) is 3.92. The van der Waals surface area contributed by atoms with Crippen LogP contribution in [0.4, 0.5) is 5.69 Å². The molecule has 0 radical (unpaired) electrons. The first kappa shape index (κ1) is 20.8. The summed E-state index contributed by atoms with van der Waals surface area (Å²) in [6, 6.07) is 11.0. The minimum Gasteiger partial charge on any atom is -0.494 e. The van der Waals surface area contributed by atoms with E-state index in [1.54, 1.807) is 24.3 Å². The summed E-state index contributed by atoms with van der Waals surface area (Å²) < 4.78 is 10.8. The van der Waals surface area contributed by atoms with E-state index in [2.05, 4.69) is 20.5 Å². The topological polar surface area (TPSA) is 113 Å². The summed E-state index contributed by atoms with van der Waals surface area (Å²) in [5.41, 5.74) is 3.60. The van der Waals surface area contributed by atoms with Crippen LogP contribution in [0.15, 0.2) is 57.3 Å². The van der Waals surface area contributed by atoms with Crippen LogP contribution < -0.4 is 9.64 Å². The molecule has 0 unspecified atom stereocenters. The summed E-state index contributed by atoms with van der Waals surface area (Å²) in [5, 5.41) is 13.5. The van der Waals surface area contributed by atoms with Crippen LogP contribution in [-0.4, -0.2) is 45.7 Å². The van der Waals surface area contributed by atoms with Crippen LogP contribution >= 0.6 is 0 Å². The van der Waals surface area contributed by atoms with Crippen molar-refractivity contribution in [2.24, 2.45) is 10.3 Å². The maximum absolute atomic E-state index is 13.2. The van der Waals surface area contributed by atoms with Crippen molar-refractivity contribution >= 4 is 17.5 Å². The van der Waals surface area contributed by atoms with Crippen molar-refractivity contribution in [3.63, 3.8) is 0 Å². The number of imide groups is 1. The number of rotatable bonds is 6. The third-order valence-electron chi connectivity index (χ3n) is 5.79. The highest BCUT2D eigenvalue weighted by atomic mass is 16.5. The molecule has 0 saturated carbocycles. The number of carbonyl (C=O) groups excluding carboxylic acids is 2. The minimum atomic E-state index is -0.897. The van der Waals surface area contributed by atoms with Crippen molar-refractivity contribution in [3.8, 4) is 17.1 Å². The maximum Gasteiger partial charge on any atom is 0.263 e. The molecule has 0 aliphatic carbocycles. The average molecular weight is 446 g/mol. The molecule has 2 aliphatic heterocycles. The molecule has 10 heteroatoms. The molecule has 33 heavy (non-hydrogen) atoms. The predicted octanol–water partition coefficient (Wildman–Crippen LogP) is 3.25. The number of hydrogen-bond acceptors (Lipinski definition) is 9. The number of aromatic nitrogens is 2. The molecule has 0 N–H and O–H groups in total. The van der Waals surface area contributed by atoms with Crippen LogP contribution in [0.2, 0.25) is 0 Å². The van der Waals surface area contributed by atoms with Gasteiger partial charge in [0.15, 0.2) is 12.1 Å². The van der Waals surface area contributed by atoms with E-state index in [9.17, 15) is 9.59 Å². The van der Waals surface area contributed by atoms with E-state index in [1.165, 1.54) is 10.6 Å². The van der Waals surface area contributed by atoms with Crippen molar-refractivity contribution in [1.82, 2.24) is 15.1 Å². The first-order chi connectivity index (χ1) is 16.0. The van der Waals surface area contributed by atoms with Crippen molar-refractivity contribution < 1.29 is 18.8 Å². The van der Waals surface area contributed by atoms with E-state index in [0.29, 0.717) is 23.9 Å². The van der Waals surface area contributed by atoms with Gasteiger partial charge in [-0.25, -0.2) is 4.90 Å². The fourth-order valence-electron chi connectivity index (χ4n) is 3.92. The van der Waals surface area contributed by atoms with Crippen LogP contribution in [-0.2, 0) is 16.1 Å². The van der Waals surface area contributed by atoms with Gasteiger partial charge in [0.1, 0.15) is 12.3 Å². The molecule has 0 spiro atoms. The molecule has 2 atom stereocenters. The quantitative estimate of drug-likeness (QED) is 0.534. The first-order valence-electron chi connectivity index (χ1n) is 10.6. The fraction of sp³-hybridized carbons (Fsp3) is 0.304. The summed E-state index contributed by atoms with van der Waals surface area (Å²) in [6.07, 6.45) is 0. The molecule has 0 bridgehead atoms. The lowest BCUT2D eigenvalue weighted by Gasteiger charge is -2.19. The van der Waals surface area contributed by atoms with Crippen LogP contribution in [0.25, 0.3) is 11.4 Å². The molecule has 2 amide bonds. The summed E-state index contributed by atoms with van der Waals surface area (Å²) in [4.78, 5) is 31.6. The van der Waals surface area contributed by atoms with Gasteiger partial charge in [0.2, 0.25) is 11.7 Å². The van der Waals surface area contributed by atoms with E-state index in [1.807, 2.05) is 39.0 Å². The molecule has 2 aliphatic rings. The smallest absolute Gasteiger partial charge is 0.263 e. The number of aryl methyl sites for hydroxylation is 2. The van der Waals surface area contributed by atoms with Gasteiger partial charge in [-0.05, 0) is 62.2 Å². The number of fused-ring (bicyclic) bond motifs is 1. The number of anilines is 1. The second kappa shape index (κ2) is 8.12. The zero-order valence-electron chi connectivity index (χ0n) is 18.4. The van der Waals surface area contributed by atoms with E-state index >= 15 is 0 Å². The molecule has 1 aromatic heterocycles. The van der Waals surface area contributed by atoms with Gasteiger partial charge in [0.05, 0.1) is 12.3 Å². The molecule has 10 nitrogen and oxygen atoms in total. The van der Waals surface area contributed by atoms with Gasteiger partial charge in [-0.3, -0.25) is 14.6 Å². The number of carbonyl (C=O) groups is 2. The van der Waals surface area contributed by atoms with Gasteiger partial charge >= 0.3 is 0 Å². The average Bonchev–Trinajstić information content (AvgIpc) is 3.50. The third kappa shape index (κ3) is 3.63. The highest BCUT2D eigenvalue weighted by molar-refractivity contribution is 6.25. The zero-order chi connectivity index (χ0) is 23.1. The van der Waals surface area contributed by atoms with E-state index in [-0.39, 0.29) is 12.4 Å². The molecule has 168 valence electrons. The SMILES string of the molecule is CCOc1ccc(N2C(=O)[C@@H]3N=NN(Cc4nc(-c5ccc(C)c(C)c5)no4)[C@H]3C2=O)cc1. The van der Waals surface area contributed by atoms with Gasteiger partial charge in [-0.2, -0.15) is 10.1 Å². The minimum absolute atomic E-state index is 0.0681. The Labute approximate surface area is 189 Å². The Morgan fingerprint density at radius 1 is 1.03 bits per heavy atom. The van der Waals surface area contributed by atoms with Crippen LogP contribution in [0.5, 0.6) is 5.75 Å². The second-order valence-electron chi connectivity index (χ2n) is 7.94. The van der Waals surface area contributed by atoms with Gasteiger partial charge in [-0.1, -0.05) is 22.5 Å². The van der Waals surface area contributed by atoms with E-state index in [4.69, 9.17) is 9.26 Å². The highest BCUT2D eigenvalue weighted by Crippen LogP contribution is 2.33. The lowest BCUT2D eigenvalue weighted by molar-refractivity contribution is -0.123. The lowest BCUT2D eigenvalue weighted by Crippen LogP contribution is -2.39. The maximum atomic E-state index is 13.2. The number of amides is 2. The van der Waals surface area contributed by atoms with Gasteiger partial charge < -0.3 is 9.26 Å². The van der Waals surface area contributed by atoms with Crippen molar-refractivity contribution in [1.29, 1.82) is 0 Å². The molecular formula is C23H22N6O4. The number of benzene rings is 2. The number of hydrogen-bond donors (Lipinski definition) is 0. The highest BCUT2D eigenvalue weighted by Gasteiger charge is 2.55. The Balaban J connectivity index is 1.33. The number of nitrogens with zero attached hydrogens (tertiary/aromatic N) is 6.